The molecule has 0 fully saturated rings. The van der Waals surface area contributed by atoms with Crippen LogP contribution in [0.5, 0.6) is 11.5 Å². The van der Waals surface area contributed by atoms with Gasteiger partial charge in [0.25, 0.3) is 17.6 Å². The molecule has 2 unspecified atom stereocenters. The minimum absolute atomic E-state index is 0.0104. The molecule has 3 aliphatic rings. The number of benzene rings is 4. The molecule has 3 amide bonds. The number of allylic oxidation sites excluding steroid dienone is 2. The number of nitrogens with one attached hydrogen (secondary N) is 3. The van der Waals surface area contributed by atoms with Gasteiger partial charge in [-0.3, -0.25) is 24.5 Å². The van der Waals surface area contributed by atoms with Gasteiger partial charge in [0.2, 0.25) is 5.91 Å². The Morgan fingerprint density at radius 3 is 1.64 bits per heavy atom. The second kappa shape index (κ2) is 24.1. The van der Waals surface area contributed by atoms with E-state index in [2.05, 4.69) is 133 Å². The third-order valence-corrected chi connectivity index (χ3v) is 26.7. The van der Waals surface area contributed by atoms with Crippen molar-refractivity contribution in [2.75, 3.05) is 21.3 Å². The van der Waals surface area contributed by atoms with E-state index in [1.165, 1.54) is 0 Å². The maximum absolute atomic E-state index is 13.5. The number of halogens is 2. The third kappa shape index (κ3) is 12.5. The van der Waals surface area contributed by atoms with Gasteiger partial charge in [-0.25, -0.2) is 4.79 Å². The average molecular weight is 1230 g/mol. The molecular formula is C65H74Cl2N6O10Si2. The van der Waals surface area contributed by atoms with E-state index in [-0.39, 0.29) is 63.0 Å². The van der Waals surface area contributed by atoms with Crippen LogP contribution in [0.15, 0.2) is 122 Å². The zero-order chi connectivity index (χ0) is 61.7. The predicted molar refractivity (Wildman–Crippen MR) is 343 cm³/mol. The Morgan fingerprint density at radius 2 is 1.11 bits per heavy atom. The van der Waals surface area contributed by atoms with Gasteiger partial charge in [0.05, 0.1) is 68.8 Å². The van der Waals surface area contributed by atoms with Crippen LogP contribution in [0.3, 0.4) is 0 Å². The van der Waals surface area contributed by atoms with E-state index < -0.39 is 40.2 Å². The Kier molecular flexibility index (Phi) is 17.6. The van der Waals surface area contributed by atoms with Gasteiger partial charge in [0.15, 0.2) is 16.6 Å². The summed E-state index contributed by atoms with van der Waals surface area (Å²) in [6.07, 6.45) is 14.8. The highest BCUT2D eigenvalue weighted by atomic mass is 35.5. The summed E-state index contributed by atoms with van der Waals surface area (Å²) in [7, 11) is 0.638. The number of primary amides is 1. The minimum atomic E-state index is -1.96. The van der Waals surface area contributed by atoms with Crippen molar-refractivity contribution in [3.05, 3.63) is 154 Å². The van der Waals surface area contributed by atoms with Crippen LogP contribution in [0.25, 0.3) is 54.8 Å². The summed E-state index contributed by atoms with van der Waals surface area (Å²) >= 11 is 12.5. The number of methoxy groups -OCH3 is 3. The van der Waals surface area contributed by atoms with Gasteiger partial charge in [-0.1, -0.05) is 125 Å². The highest BCUT2D eigenvalue weighted by molar-refractivity contribution is 6.74. The van der Waals surface area contributed by atoms with Crippen LogP contribution >= 0.6 is 23.2 Å². The van der Waals surface area contributed by atoms with Gasteiger partial charge in [-0.05, 0) is 90.4 Å². The van der Waals surface area contributed by atoms with Crippen LogP contribution in [-0.4, -0.2) is 98.7 Å². The Hall–Kier alpha value is -7.46. The Balaban J connectivity index is 0.000000169. The number of ether oxygens (including phenoxy) is 3. The molecule has 5 N–H and O–H groups in total. The maximum atomic E-state index is 13.5. The number of hydrogen-bond donors (Lipinski definition) is 4. The number of H-pyrrole nitrogens is 2. The van der Waals surface area contributed by atoms with Crippen LogP contribution in [0, 0.1) is 0 Å². The van der Waals surface area contributed by atoms with Crippen molar-refractivity contribution < 1.29 is 47.0 Å². The number of amides is 3. The molecule has 4 aromatic carbocycles. The highest BCUT2D eigenvalue weighted by Gasteiger charge is 2.42. The fourth-order valence-electron chi connectivity index (χ4n) is 10.7. The van der Waals surface area contributed by atoms with Crippen LogP contribution < -0.4 is 20.5 Å². The maximum Gasteiger partial charge on any atom is 0.379 e. The number of ketones is 1. The molecule has 11 rings (SSSR count). The molecule has 8 aromatic rings. The number of nitrogens with zero attached hydrogens (tertiary/aromatic N) is 2. The first-order valence-corrected chi connectivity index (χ1v) is 34.8. The number of imide groups is 1. The molecule has 4 aromatic heterocycles. The number of aromatic nitrogens is 4. The van der Waals surface area contributed by atoms with Crippen molar-refractivity contribution in [2.24, 2.45) is 5.73 Å². The highest BCUT2D eigenvalue weighted by Crippen LogP contribution is 2.46. The number of aromatic amines is 2. The number of rotatable bonds is 14. The average Bonchev–Trinajstić information content (AvgIpc) is 1.67. The molecule has 20 heteroatoms. The summed E-state index contributed by atoms with van der Waals surface area (Å²) in [5, 5.41) is 6.50. The second-order valence-electron chi connectivity index (χ2n) is 24.7. The first kappa shape index (κ1) is 62.1. The lowest BCUT2D eigenvalue weighted by molar-refractivity contribution is -0.135. The SMILES string of the molecule is COC(=O)C(=O)c1c(Cl)[nH]c2ccccc12.COc1ccc2c(c1)c(C1=C(c3c(Cl)[nH]c4ccccc34)C(=O)NC1=O)cn2C1C=C[C@@H](O[Si](C)(C)C(C)(C)C)C1.COc1ccc2c(c1)c(CC(N)=O)cn2C1C=C[C@@H](O[Si](C)(C)C(C)(C)C)C1. The van der Waals surface area contributed by atoms with Crippen LogP contribution in [0.2, 0.25) is 46.6 Å². The quantitative estimate of drug-likeness (QED) is 0.0202. The van der Waals surface area contributed by atoms with E-state index in [0.29, 0.717) is 38.5 Å². The molecule has 0 bridgehead atoms. The lowest BCUT2D eigenvalue weighted by atomic mass is 9.95. The van der Waals surface area contributed by atoms with Gasteiger partial charge in [0, 0.05) is 80.0 Å². The van der Waals surface area contributed by atoms with E-state index in [1.807, 2.05) is 66.9 Å². The number of carbonyl (C=O) groups excluding carboxylic acids is 5. The number of carbonyl (C=O) groups is 5. The summed E-state index contributed by atoms with van der Waals surface area (Å²) in [6, 6.07) is 26.7. The van der Waals surface area contributed by atoms with Crippen LogP contribution in [0.1, 0.15) is 93.5 Å². The zero-order valence-electron chi connectivity index (χ0n) is 50.3. The van der Waals surface area contributed by atoms with Crippen molar-refractivity contribution in [1.29, 1.82) is 0 Å². The normalized spacial score (nSPS) is 18.1. The number of fused-ring (bicyclic) bond motifs is 4. The predicted octanol–water partition coefficient (Wildman–Crippen LogP) is 14.0. The standard InChI is InChI=1S/C32H34ClN3O4Si.C22H32N2O3Si.C11H8ClNO3/c1-32(2,3)41(5,6)40-20-12-11-18(15-20)36-17-23(22-16-19(39-4)13-14-25(22)36)27-28(31(38)35-30(27)37)26-21-9-7-8-10-24(21)34-29(26)33;1-22(2,3)28(5,6)27-18-8-7-16(12-18)24-14-15(11-21(23)25)19-13-17(26-4)9-10-20(19)24;1-16-11(15)9(14)8-6-4-2-3-5-7(6)13-10(8)12/h7-14,16-18,20,34H,15H2,1-6H3,(H,35,37,38);7-10,13-14,16,18H,11-12H2,1-6H3,(H2,23,25);2-5,13H,1H3/t18?,20-;16?,18-;/m11./s1. The van der Waals surface area contributed by atoms with E-state index in [1.54, 1.807) is 32.4 Å². The largest absolute Gasteiger partial charge is 0.497 e. The molecule has 16 nitrogen and oxygen atoms in total. The lowest BCUT2D eigenvalue weighted by Gasteiger charge is -2.38. The monoisotopic (exact) mass is 1220 g/mol. The fraction of sp³-hybridized carbons (Fsp3) is 0.338. The summed E-state index contributed by atoms with van der Waals surface area (Å²) in [5.74, 6) is -1.48. The smallest absolute Gasteiger partial charge is 0.379 e. The molecule has 446 valence electrons. The van der Waals surface area contributed by atoms with Crippen molar-refractivity contribution in [2.45, 2.75) is 121 Å². The fourth-order valence-corrected chi connectivity index (χ4v) is 13.8. The van der Waals surface area contributed by atoms with Crippen molar-refractivity contribution in [1.82, 2.24) is 24.4 Å². The van der Waals surface area contributed by atoms with Gasteiger partial charge in [-0.2, -0.15) is 0 Å². The number of para-hydroxylation sites is 2. The molecule has 85 heavy (non-hydrogen) atoms. The van der Waals surface area contributed by atoms with E-state index >= 15 is 0 Å². The van der Waals surface area contributed by atoms with Gasteiger partial charge >= 0.3 is 5.97 Å². The van der Waals surface area contributed by atoms with Crippen LogP contribution in [-0.2, 0) is 39.2 Å². The van der Waals surface area contributed by atoms with Crippen molar-refractivity contribution in [3.8, 4) is 11.5 Å². The lowest BCUT2D eigenvalue weighted by Crippen LogP contribution is -2.43. The number of Topliss-reactive ketones (excluding diaryl/α,β-unsaturated/α-hetero) is 1. The van der Waals surface area contributed by atoms with Gasteiger partial charge in [0.1, 0.15) is 21.8 Å². The van der Waals surface area contributed by atoms with E-state index in [0.717, 1.165) is 64.0 Å². The molecule has 4 atom stereocenters. The second-order valence-corrected chi connectivity index (χ2v) is 35.0. The summed E-state index contributed by atoms with van der Waals surface area (Å²) in [6.45, 7) is 22.6. The van der Waals surface area contributed by atoms with Crippen molar-refractivity contribution >= 4 is 124 Å². The summed E-state index contributed by atoms with van der Waals surface area (Å²) in [4.78, 5) is 67.2. The Labute approximate surface area is 506 Å². The van der Waals surface area contributed by atoms with Crippen LogP contribution in [0.4, 0.5) is 0 Å². The van der Waals surface area contributed by atoms with E-state index in [9.17, 15) is 24.0 Å². The van der Waals surface area contributed by atoms with E-state index in [4.69, 9.17) is 47.3 Å². The number of nitrogens with two attached hydrogens (primary N) is 1. The first-order valence-electron chi connectivity index (χ1n) is 28.2. The summed E-state index contributed by atoms with van der Waals surface area (Å²) in [5.41, 5.74) is 11.8. The molecule has 0 spiro atoms. The molecule has 0 radical (unpaired) electrons. The molecular weight excluding hydrogens is 1150 g/mol. The van der Waals surface area contributed by atoms with Gasteiger partial charge < -0.3 is 47.9 Å². The zero-order valence-corrected chi connectivity index (χ0v) is 53.8. The minimum Gasteiger partial charge on any atom is -0.497 e. The first-order chi connectivity index (χ1) is 40.1. The molecule has 0 saturated heterocycles. The summed E-state index contributed by atoms with van der Waals surface area (Å²) < 4.78 is 33.0. The molecule has 2 aliphatic carbocycles. The molecule has 1 aliphatic heterocycles. The number of hydrogen-bond acceptors (Lipinski definition) is 10. The molecule has 5 heterocycles. The van der Waals surface area contributed by atoms with Gasteiger partial charge in [-0.15, -0.1) is 0 Å². The third-order valence-electron chi connectivity index (χ3n) is 17.2. The number of esters is 1. The van der Waals surface area contributed by atoms with Crippen molar-refractivity contribution in [3.63, 3.8) is 0 Å². The Morgan fingerprint density at radius 1 is 0.624 bits per heavy atom. The Bertz CT molecular complexity index is 4040. The topological polar surface area (TPSA) is 211 Å². The molecule has 0 saturated carbocycles.